The average molecular weight is 338 g/mol. The Morgan fingerprint density at radius 1 is 1.33 bits per heavy atom. The number of carbonyl (C=O) groups is 2. The first-order chi connectivity index (χ1) is 11.4. The predicted octanol–water partition coefficient (Wildman–Crippen LogP) is 3.17. The van der Waals surface area contributed by atoms with E-state index < -0.39 is 0 Å². The van der Waals surface area contributed by atoms with E-state index in [2.05, 4.69) is 18.6 Å². The maximum Gasteiger partial charge on any atom is 0.330 e. The quantitative estimate of drug-likeness (QED) is 0.287. The number of cyclic esters (lactones) is 1. The number of methoxy groups -OCH3 is 1. The molecule has 1 saturated heterocycles. The molecular weight excluding hydrogens is 308 g/mol. The normalized spacial score (nSPS) is 22.6. The van der Waals surface area contributed by atoms with Crippen molar-refractivity contribution in [2.24, 2.45) is 11.8 Å². The van der Waals surface area contributed by atoms with Crippen molar-refractivity contribution in [1.82, 2.24) is 0 Å². The first-order valence-corrected chi connectivity index (χ1v) is 8.62. The molecule has 1 aliphatic rings. The average Bonchev–Trinajstić information content (AvgIpc) is 2.49. The standard InChI is InChI=1S/C19H30O5/c1-13(9-14(2)10-15(3)11-18(21)23-4)7-5-6-8-17-16(12-20)19(22)24-17/h10-11,13,16-17,20H,5-9,12H2,1-4H3/b14-10+,15-11+. The lowest BCUT2D eigenvalue weighted by Crippen LogP contribution is -2.47. The molecule has 5 heteroatoms. The number of hydrogen-bond donors (Lipinski definition) is 1. The third-order valence-corrected chi connectivity index (χ3v) is 4.34. The van der Waals surface area contributed by atoms with E-state index in [9.17, 15) is 9.59 Å². The summed E-state index contributed by atoms with van der Waals surface area (Å²) in [4.78, 5) is 22.3. The van der Waals surface area contributed by atoms with Crippen LogP contribution in [0.4, 0.5) is 0 Å². The summed E-state index contributed by atoms with van der Waals surface area (Å²) in [5.41, 5.74) is 2.14. The fraction of sp³-hybridized carbons (Fsp3) is 0.684. The first-order valence-electron chi connectivity index (χ1n) is 8.62. The van der Waals surface area contributed by atoms with Gasteiger partial charge in [-0.2, -0.15) is 0 Å². The molecule has 0 aromatic rings. The number of esters is 2. The van der Waals surface area contributed by atoms with Crippen molar-refractivity contribution < 1.29 is 24.2 Å². The van der Waals surface area contributed by atoms with E-state index in [0.717, 1.165) is 37.7 Å². The van der Waals surface area contributed by atoms with E-state index in [4.69, 9.17) is 9.84 Å². The van der Waals surface area contributed by atoms with Crippen LogP contribution in [0.5, 0.6) is 0 Å². The van der Waals surface area contributed by atoms with E-state index in [0.29, 0.717) is 5.92 Å². The molecule has 0 radical (unpaired) electrons. The summed E-state index contributed by atoms with van der Waals surface area (Å²) in [7, 11) is 1.37. The van der Waals surface area contributed by atoms with Crippen LogP contribution in [0.3, 0.4) is 0 Å². The Balaban J connectivity index is 2.23. The summed E-state index contributed by atoms with van der Waals surface area (Å²) in [6.45, 7) is 6.08. The summed E-state index contributed by atoms with van der Waals surface area (Å²) in [6, 6.07) is 0. The number of hydrogen-bond acceptors (Lipinski definition) is 5. The fourth-order valence-corrected chi connectivity index (χ4v) is 3.07. The molecule has 5 nitrogen and oxygen atoms in total. The molecule has 0 saturated carbocycles. The third kappa shape index (κ3) is 6.87. The van der Waals surface area contributed by atoms with Gasteiger partial charge in [0.15, 0.2) is 0 Å². The zero-order valence-electron chi connectivity index (χ0n) is 15.2. The van der Waals surface area contributed by atoms with Crippen LogP contribution in [0.25, 0.3) is 0 Å². The number of ether oxygens (including phenoxy) is 2. The third-order valence-electron chi connectivity index (χ3n) is 4.34. The van der Waals surface area contributed by atoms with Crippen LogP contribution in [0, 0.1) is 11.8 Å². The summed E-state index contributed by atoms with van der Waals surface area (Å²) in [5, 5.41) is 9.07. The van der Waals surface area contributed by atoms with Crippen molar-refractivity contribution >= 4 is 11.9 Å². The Morgan fingerprint density at radius 3 is 2.62 bits per heavy atom. The van der Waals surface area contributed by atoms with Gasteiger partial charge in [0.2, 0.25) is 0 Å². The molecule has 0 bridgehead atoms. The Kier molecular flexibility index (Phi) is 8.76. The highest BCUT2D eigenvalue weighted by molar-refractivity contribution is 5.83. The second-order valence-corrected chi connectivity index (χ2v) is 6.76. The van der Waals surface area contributed by atoms with Crippen molar-refractivity contribution in [3.05, 3.63) is 23.3 Å². The Morgan fingerprint density at radius 2 is 2.04 bits per heavy atom. The van der Waals surface area contributed by atoms with Crippen LogP contribution < -0.4 is 0 Å². The summed E-state index contributed by atoms with van der Waals surface area (Å²) < 4.78 is 9.66. The van der Waals surface area contributed by atoms with E-state index in [1.165, 1.54) is 18.8 Å². The zero-order chi connectivity index (χ0) is 18.1. The van der Waals surface area contributed by atoms with Crippen molar-refractivity contribution in [2.75, 3.05) is 13.7 Å². The molecule has 1 fully saturated rings. The monoisotopic (exact) mass is 338 g/mol. The molecular formula is C19H30O5. The summed E-state index contributed by atoms with van der Waals surface area (Å²) >= 11 is 0. The minimum absolute atomic E-state index is 0.0921. The van der Waals surface area contributed by atoms with E-state index >= 15 is 0 Å². The number of aliphatic hydroxyl groups is 1. The van der Waals surface area contributed by atoms with Gasteiger partial charge in [-0.3, -0.25) is 4.79 Å². The molecule has 24 heavy (non-hydrogen) atoms. The lowest BCUT2D eigenvalue weighted by atomic mass is 9.91. The highest BCUT2D eigenvalue weighted by atomic mass is 16.6. The molecule has 0 spiro atoms. The molecule has 1 heterocycles. The Hall–Kier alpha value is -1.62. The van der Waals surface area contributed by atoms with Gasteiger partial charge in [0.1, 0.15) is 12.0 Å². The van der Waals surface area contributed by atoms with Gasteiger partial charge in [0, 0.05) is 6.08 Å². The van der Waals surface area contributed by atoms with Gasteiger partial charge in [-0.15, -0.1) is 0 Å². The van der Waals surface area contributed by atoms with Gasteiger partial charge in [-0.05, 0) is 44.6 Å². The van der Waals surface area contributed by atoms with Crippen LogP contribution in [-0.2, 0) is 19.1 Å². The SMILES string of the molecule is COC(=O)/C=C(C)/C=C(\C)CC(C)CCCCC1OC(=O)C1CO. The Labute approximate surface area is 144 Å². The van der Waals surface area contributed by atoms with Gasteiger partial charge in [-0.25, -0.2) is 4.79 Å². The van der Waals surface area contributed by atoms with Gasteiger partial charge in [0.05, 0.1) is 13.7 Å². The van der Waals surface area contributed by atoms with E-state index in [1.807, 2.05) is 13.0 Å². The minimum atomic E-state index is -0.331. The van der Waals surface area contributed by atoms with Gasteiger partial charge >= 0.3 is 11.9 Å². The van der Waals surface area contributed by atoms with Gasteiger partial charge < -0.3 is 14.6 Å². The van der Waals surface area contributed by atoms with Crippen LogP contribution in [-0.4, -0.2) is 36.9 Å². The highest BCUT2D eigenvalue weighted by Crippen LogP contribution is 2.27. The molecule has 3 unspecified atom stereocenters. The topological polar surface area (TPSA) is 72.8 Å². The second kappa shape index (κ2) is 10.3. The number of carbonyl (C=O) groups excluding carboxylic acids is 2. The first kappa shape index (κ1) is 20.4. The van der Waals surface area contributed by atoms with Crippen LogP contribution in [0.1, 0.15) is 52.9 Å². The fourth-order valence-electron chi connectivity index (χ4n) is 3.07. The van der Waals surface area contributed by atoms with Crippen molar-refractivity contribution in [1.29, 1.82) is 0 Å². The van der Waals surface area contributed by atoms with Gasteiger partial charge in [0.25, 0.3) is 0 Å². The smallest absolute Gasteiger partial charge is 0.330 e. The lowest BCUT2D eigenvalue weighted by molar-refractivity contribution is -0.189. The van der Waals surface area contributed by atoms with E-state index in [1.54, 1.807) is 0 Å². The van der Waals surface area contributed by atoms with Crippen molar-refractivity contribution in [3.8, 4) is 0 Å². The maximum absolute atomic E-state index is 11.2. The molecule has 0 aliphatic carbocycles. The number of allylic oxidation sites excluding steroid dienone is 3. The zero-order valence-corrected chi connectivity index (χ0v) is 15.2. The van der Waals surface area contributed by atoms with Crippen molar-refractivity contribution in [3.63, 3.8) is 0 Å². The molecule has 0 amide bonds. The van der Waals surface area contributed by atoms with Crippen LogP contribution in [0.2, 0.25) is 0 Å². The van der Waals surface area contributed by atoms with Crippen molar-refractivity contribution in [2.45, 2.75) is 59.0 Å². The van der Waals surface area contributed by atoms with Gasteiger partial charge in [-0.1, -0.05) is 31.4 Å². The Bertz CT molecular complexity index is 492. The molecule has 1 aliphatic heterocycles. The lowest BCUT2D eigenvalue weighted by Gasteiger charge is -2.33. The maximum atomic E-state index is 11.2. The molecule has 0 aromatic carbocycles. The largest absolute Gasteiger partial charge is 0.466 e. The highest BCUT2D eigenvalue weighted by Gasteiger charge is 2.41. The van der Waals surface area contributed by atoms with E-state index in [-0.39, 0.29) is 30.6 Å². The predicted molar refractivity (Wildman–Crippen MR) is 92.2 cm³/mol. The number of aliphatic hydroxyl groups excluding tert-OH is 1. The number of unbranched alkanes of at least 4 members (excludes halogenated alkanes) is 1. The molecule has 0 aromatic heterocycles. The summed E-state index contributed by atoms with van der Waals surface area (Å²) in [6.07, 6.45) is 8.43. The summed E-state index contributed by atoms with van der Waals surface area (Å²) in [5.74, 6) is -0.351. The second-order valence-electron chi connectivity index (χ2n) is 6.76. The van der Waals surface area contributed by atoms with Crippen LogP contribution >= 0.6 is 0 Å². The molecule has 1 N–H and O–H groups in total. The minimum Gasteiger partial charge on any atom is -0.466 e. The molecule has 1 rings (SSSR count). The van der Waals surface area contributed by atoms with Crippen LogP contribution in [0.15, 0.2) is 23.3 Å². The molecule has 136 valence electrons. The number of rotatable bonds is 10. The molecule has 3 atom stereocenters.